The molecule has 0 atom stereocenters. The number of hydrogen-bond donors (Lipinski definition) is 1. The van der Waals surface area contributed by atoms with Crippen molar-refractivity contribution >= 4 is 6.08 Å². The number of hydrogen-bond acceptors (Lipinski definition) is 2. The predicted molar refractivity (Wildman–Crippen MR) is 60.5 cm³/mol. The molecule has 3 heteroatoms. The van der Waals surface area contributed by atoms with Gasteiger partial charge in [-0.2, -0.15) is 0 Å². The lowest BCUT2D eigenvalue weighted by Crippen LogP contribution is -2.05. The van der Waals surface area contributed by atoms with Gasteiger partial charge in [-0.25, -0.2) is 4.39 Å². The summed E-state index contributed by atoms with van der Waals surface area (Å²) < 4.78 is 17.9. The van der Waals surface area contributed by atoms with Crippen LogP contribution in [0.5, 0.6) is 5.75 Å². The Labute approximate surface area is 89.8 Å². The van der Waals surface area contributed by atoms with Crippen LogP contribution >= 0.6 is 0 Å². The zero-order valence-corrected chi connectivity index (χ0v) is 9.09. The van der Waals surface area contributed by atoms with Gasteiger partial charge in [-0.3, -0.25) is 0 Å². The molecule has 15 heavy (non-hydrogen) atoms. The smallest absolute Gasteiger partial charge is 0.165 e. The second-order valence-electron chi connectivity index (χ2n) is 3.19. The number of halogens is 1. The summed E-state index contributed by atoms with van der Waals surface area (Å²) in [6.07, 6.45) is 4.96. The quantitative estimate of drug-likeness (QED) is 0.752. The van der Waals surface area contributed by atoms with E-state index in [9.17, 15) is 4.39 Å². The highest BCUT2D eigenvalue weighted by molar-refractivity contribution is 5.51. The summed E-state index contributed by atoms with van der Waals surface area (Å²) in [6.45, 7) is 0.939. The maximum atomic E-state index is 13.1. The molecule has 0 heterocycles. The molecule has 0 spiro atoms. The summed E-state index contributed by atoms with van der Waals surface area (Å²) in [5, 5.41) is 3.05. The van der Waals surface area contributed by atoms with Gasteiger partial charge >= 0.3 is 0 Å². The van der Waals surface area contributed by atoms with Crippen molar-refractivity contribution in [3.05, 3.63) is 35.7 Å². The average molecular weight is 209 g/mol. The van der Waals surface area contributed by atoms with E-state index in [1.165, 1.54) is 13.2 Å². The molecular weight excluding hydrogens is 193 g/mol. The second kappa shape index (κ2) is 6.19. The number of rotatable bonds is 5. The molecule has 82 valence electrons. The molecule has 1 N–H and O–H groups in total. The first kappa shape index (κ1) is 11.7. The Balaban J connectivity index is 2.65. The molecule has 2 nitrogen and oxygen atoms in total. The number of benzene rings is 1. The van der Waals surface area contributed by atoms with Crippen molar-refractivity contribution in [3.8, 4) is 5.75 Å². The second-order valence-corrected chi connectivity index (χ2v) is 3.19. The fraction of sp³-hybridized carbons (Fsp3) is 0.333. The van der Waals surface area contributed by atoms with Gasteiger partial charge in [0.1, 0.15) is 0 Å². The minimum absolute atomic E-state index is 0.283. The molecule has 1 aromatic carbocycles. The largest absolute Gasteiger partial charge is 0.494 e. The Morgan fingerprint density at radius 3 is 2.93 bits per heavy atom. The van der Waals surface area contributed by atoms with Crippen LogP contribution in [0.1, 0.15) is 12.0 Å². The lowest BCUT2D eigenvalue weighted by atomic mass is 10.2. The van der Waals surface area contributed by atoms with Crippen molar-refractivity contribution in [3.63, 3.8) is 0 Å². The number of nitrogens with one attached hydrogen (secondary N) is 1. The first-order chi connectivity index (χ1) is 7.27. The van der Waals surface area contributed by atoms with Gasteiger partial charge in [-0.15, -0.1) is 0 Å². The maximum absolute atomic E-state index is 13.1. The molecule has 0 aliphatic carbocycles. The van der Waals surface area contributed by atoms with Crippen LogP contribution in [-0.2, 0) is 0 Å². The molecule has 0 aliphatic heterocycles. The summed E-state index contributed by atoms with van der Waals surface area (Å²) in [5.74, 6) is -0.0457. The zero-order valence-electron chi connectivity index (χ0n) is 9.09. The Hall–Kier alpha value is -1.35. The molecule has 0 bridgehead atoms. The van der Waals surface area contributed by atoms with Crippen molar-refractivity contribution < 1.29 is 9.13 Å². The normalized spacial score (nSPS) is 10.9. The summed E-state index contributed by atoms with van der Waals surface area (Å²) in [4.78, 5) is 0. The van der Waals surface area contributed by atoms with Crippen LogP contribution in [0.15, 0.2) is 24.3 Å². The third-order valence-electron chi connectivity index (χ3n) is 2.05. The Morgan fingerprint density at radius 1 is 1.47 bits per heavy atom. The third kappa shape index (κ3) is 3.72. The molecule has 0 unspecified atom stereocenters. The van der Waals surface area contributed by atoms with Gasteiger partial charge < -0.3 is 10.1 Å². The maximum Gasteiger partial charge on any atom is 0.165 e. The molecule has 0 amide bonds. The van der Waals surface area contributed by atoms with Crippen molar-refractivity contribution in [1.82, 2.24) is 5.32 Å². The van der Waals surface area contributed by atoms with Crippen LogP contribution in [0, 0.1) is 5.82 Å². The van der Waals surface area contributed by atoms with E-state index in [1.54, 1.807) is 12.1 Å². The number of ether oxygens (including phenoxy) is 1. The van der Waals surface area contributed by atoms with E-state index in [4.69, 9.17) is 4.74 Å². The predicted octanol–water partition coefficient (Wildman–Crippen LogP) is 2.46. The average Bonchev–Trinajstić information content (AvgIpc) is 2.26. The van der Waals surface area contributed by atoms with E-state index in [-0.39, 0.29) is 11.6 Å². The van der Waals surface area contributed by atoms with E-state index < -0.39 is 0 Å². The lowest BCUT2D eigenvalue weighted by Gasteiger charge is -2.02. The third-order valence-corrected chi connectivity index (χ3v) is 2.05. The molecule has 1 rings (SSSR count). The van der Waals surface area contributed by atoms with Gasteiger partial charge in [0.25, 0.3) is 0 Å². The standard InChI is InChI=1S/C12H16FNO/c1-14-8-4-3-5-10-6-7-11(13)12(9-10)15-2/h3,5-7,9,14H,4,8H2,1-2H3. The fourth-order valence-corrected chi connectivity index (χ4v) is 1.23. The summed E-state index contributed by atoms with van der Waals surface area (Å²) in [7, 11) is 3.38. The van der Waals surface area contributed by atoms with Crippen LogP contribution in [-0.4, -0.2) is 20.7 Å². The van der Waals surface area contributed by atoms with Crippen molar-refractivity contribution in [2.45, 2.75) is 6.42 Å². The topological polar surface area (TPSA) is 21.3 Å². The molecule has 0 aliphatic rings. The SMILES string of the molecule is CNCCC=Cc1ccc(F)c(OC)c1. The van der Waals surface area contributed by atoms with Gasteiger partial charge in [-0.1, -0.05) is 18.2 Å². The van der Waals surface area contributed by atoms with Crippen molar-refractivity contribution in [1.29, 1.82) is 0 Å². The van der Waals surface area contributed by atoms with Crippen LogP contribution in [0.4, 0.5) is 4.39 Å². The molecule has 0 radical (unpaired) electrons. The van der Waals surface area contributed by atoms with Crippen LogP contribution in [0.25, 0.3) is 6.08 Å². The highest BCUT2D eigenvalue weighted by Gasteiger charge is 2.00. The molecule has 0 fully saturated rings. The summed E-state index contributed by atoms with van der Waals surface area (Å²) in [6, 6.07) is 4.83. The van der Waals surface area contributed by atoms with E-state index in [1.807, 2.05) is 19.2 Å². The minimum atomic E-state index is -0.329. The summed E-state index contributed by atoms with van der Waals surface area (Å²) in [5.41, 5.74) is 0.948. The van der Waals surface area contributed by atoms with Crippen molar-refractivity contribution in [2.75, 3.05) is 20.7 Å². The molecular formula is C12H16FNO. The lowest BCUT2D eigenvalue weighted by molar-refractivity contribution is 0.386. The fourth-order valence-electron chi connectivity index (χ4n) is 1.23. The van der Waals surface area contributed by atoms with E-state index in [0.717, 1.165) is 18.5 Å². The van der Waals surface area contributed by atoms with E-state index in [0.29, 0.717) is 0 Å². The van der Waals surface area contributed by atoms with Crippen LogP contribution in [0.2, 0.25) is 0 Å². The Morgan fingerprint density at radius 2 is 2.27 bits per heavy atom. The van der Waals surface area contributed by atoms with Gasteiger partial charge in [0.05, 0.1) is 7.11 Å². The van der Waals surface area contributed by atoms with E-state index >= 15 is 0 Å². The molecule has 0 saturated carbocycles. The highest BCUT2D eigenvalue weighted by Crippen LogP contribution is 2.18. The van der Waals surface area contributed by atoms with Gasteiger partial charge in [0.2, 0.25) is 0 Å². The minimum Gasteiger partial charge on any atom is -0.494 e. The van der Waals surface area contributed by atoms with Gasteiger partial charge in [0, 0.05) is 0 Å². The Bertz CT molecular complexity index is 336. The van der Waals surface area contributed by atoms with Crippen molar-refractivity contribution in [2.24, 2.45) is 0 Å². The molecule has 0 saturated heterocycles. The Kier molecular flexibility index (Phi) is 4.84. The first-order valence-corrected chi connectivity index (χ1v) is 4.92. The van der Waals surface area contributed by atoms with Crippen LogP contribution in [0.3, 0.4) is 0 Å². The highest BCUT2D eigenvalue weighted by atomic mass is 19.1. The zero-order chi connectivity index (χ0) is 11.1. The first-order valence-electron chi connectivity index (χ1n) is 4.92. The van der Waals surface area contributed by atoms with Crippen LogP contribution < -0.4 is 10.1 Å². The summed E-state index contributed by atoms with van der Waals surface area (Å²) >= 11 is 0. The molecule has 0 aromatic heterocycles. The monoisotopic (exact) mass is 209 g/mol. The van der Waals surface area contributed by atoms with E-state index in [2.05, 4.69) is 5.32 Å². The molecule has 1 aromatic rings. The van der Waals surface area contributed by atoms with Gasteiger partial charge in [0.15, 0.2) is 11.6 Å². The number of methoxy groups -OCH3 is 1. The van der Waals surface area contributed by atoms with Gasteiger partial charge in [-0.05, 0) is 37.7 Å².